The predicted octanol–water partition coefficient (Wildman–Crippen LogP) is -1.16. The Morgan fingerprint density at radius 1 is 1.07 bits per heavy atom. The van der Waals surface area contributed by atoms with Gasteiger partial charge in [-0.1, -0.05) is 35.5 Å². The Morgan fingerprint density at radius 2 is 1.68 bits per heavy atom. The number of hydrogen-bond donors (Lipinski definition) is 0. The highest BCUT2D eigenvalue weighted by Gasteiger charge is 2.09. The summed E-state index contributed by atoms with van der Waals surface area (Å²) in [7, 11) is -4.94. The van der Waals surface area contributed by atoms with E-state index in [4.69, 9.17) is 23.2 Å². The lowest BCUT2D eigenvalue weighted by molar-refractivity contribution is -2.00. The molecule has 148 valence electrons. The molecule has 0 aliphatic carbocycles. The smallest absolute Gasteiger partial charge is 0.169 e. The van der Waals surface area contributed by atoms with Gasteiger partial charge in [-0.15, -0.1) is 10.2 Å². The monoisotopic (exact) mass is 406 g/mol. The first-order valence-electron chi connectivity index (χ1n) is 8.35. The molecule has 9 heteroatoms. The lowest BCUT2D eigenvalue weighted by atomic mass is 10.1. The molecule has 28 heavy (non-hydrogen) atoms. The van der Waals surface area contributed by atoms with Crippen LogP contribution < -0.4 is 23.2 Å². The molecular weight excluding hydrogens is 388 g/mol. The molecule has 2 heterocycles. The molecule has 0 amide bonds. The van der Waals surface area contributed by atoms with Gasteiger partial charge in [0.05, 0.1) is 5.69 Å². The molecule has 3 aromatic rings. The van der Waals surface area contributed by atoms with Gasteiger partial charge in [-0.05, 0) is 6.92 Å². The molecule has 2 aromatic heterocycles. The second-order valence-corrected chi connectivity index (χ2v) is 6.68. The zero-order valence-electron chi connectivity index (χ0n) is 15.1. The average molecular weight is 407 g/mol. The first kappa shape index (κ1) is 21.7. The molecular formula is C19H19ClN2O6. The Bertz CT molecular complexity index is 869. The topological polar surface area (TPSA) is 139 Å². The van der Waals surface area contributed by atoms with Crippen LogP contribution in [0.3, 0.4) is 0 Å². The predicted molar refractivity (Wildman–Crippen MR) is 86.9 cm³/mol. The maximum absolute atomic E-state index is 12.0. The summed E-state index contributed by atoms with van der Waals surface area (Å²) in [4.78, 5) is 12.0. The van der Waals surface area contributed by atoms with Crippen LogP contribution in [-0.4, -0.2) is 10.9 Å². The van der Waals surface area contributed by atoms with Crippen molar-refractivity contribution in [3.63, 3.8) is 0 Å². The van der Waals surface area contributed by atoms with Crippen molar-refractivity contribution in [3.8, 4) is 11.3 Å². The maximum atomic E-state index is 12.0. The Balaban J connectivity index is 0.000000500. The molecule has 0 aliphatic rings. The highest BCUT2D eigenvalue weighted by molar-refractivity contribution is 5.95. The largest absolute Gasteiger partial charge is 0.356 e. The van der Waals surface area contributed by atoms with Crippen molar-refractivity contribution >= 4 is 5.78 Å². The van der Waals surface area contributed by atoms with Crippen LogP contribution in [0.5, 0.6) is 0 Å². The van der Waals surface area contributed by atoms with Crippen LogP contribution in [0, 0.1) is 17.2 Å². The SMILES string of the molecule is Cc1cc(-c2cc[n+](CCCC(=O)c3ccccc3)cc2)on1.[O-][Cl+3]([O-])([O-])[O-]. The minimum Gasteiger partial charge on any atom is -0.356 e. The summed E-state index contributed by atoms with van der Waals surface area (Å²) < 4.78 is 41.3. The maximum Gasteiger partial charge on any atom is 0.169 e. The molecule has 0 N–H and O–H groups in total. The van der Waals surface area contributed by atoms with E-state index in [-0.39, 0.29) is 5.78 Å². The summed E-state index contributed by atoms with van der Waals surface area (Å²) in [6.45, 7) is 2.72. The summed E-state index contributed by atoms with van der Waals surface area (Å²) in [6.07, 6.45) is 5.37. The molecule has 0 radical (unpaired) electrons. The van der Waals surface area contributed by atoms with E-state index in [9.17, 15) is 4.79 Å². The van der Waals surface area contributed by atoms with E-state index in [1.165, 1.54) is 0 Å². The van der Waals surface area contributed by atoms with E-state index in [0.29, 0.717) is 6.42 Å². The number of Topliss-reactive ketones (excluding diaryl/α,β-unsaturated/α-hetero) is 1. The van der Waals surface area contributed by atoms with Gasteiger partial charge in [-0.2, -0.15) is 0 Å². The van der Waals surface area contributed by atoms with Crippen LogP contribution >= 0.6 is 0 Å². The minimum absolute atomic E-state index is 0.194. The molecule has 0 aliphatic heterocycles. The van der Waals surface area contributed by atoms with Crippen LogP contribution in [0.25, 0.3) is 11.3 Å². The molecule has 0 bridgehead atoms. The third-order valence-electron chi connectivity index (χ3n) is 3.72. The van der Waals surface area contributed by atoms with Crippen LogP contribution in [0.2, 0.25) is 0 Å². The summed E-state index contributed by atoms with van der Waals surface area (Å²) in [5.74, 6) is 0.967. The quantitative estimate of drug-likeness (QED) is 0.371. The number of halogens is 1. The lowest BCUT2D eigenvalue weighted by Gasteiger charge is -2.17. The van der Waals surface area contributed by atoms with Crippen LogP contribution in [0.4, 0.5) is 0 Å². The van der Waals surface area contributed by atoms with E-state index in [2.05, 4.69) is 9.72 Å². The number of carbonyl (C=O) groups is 1. The molecule has 8 nitrogen and oxygen atoms in total. The van der Waals surface area contributed by atoms with Gasteiger partial charge in [-0.25, -0.2) is 23.2 Å². The zero-order chi connectivity index (χ0) is 20.6. The molecule has 0 fully saturated rings. The average Bonchev–Trinajstić information content (AvgIpc) is 3.08. The van der Waals surface area contributed by atoms with Gasteiger partial charge in [0.15, 0.2) is 23.9 Å². The number of carbonyl (C=O) groups excluding carboxylic acids is 1. The van der Waals surface area contributed by atoms with E-state index in [1.807, 2.05) is 67.8 Å². The second-order valence-electron chi connectivity index (χ2n) is 5.93. The molecule has 0 saturated carbocycles. The van der Waals surface area contributed by atoms with Crippen molar-refractivity contribution in [2.75, 3.05) is 0 Å². The fourth-order valence-electron chi connectivity index (χ4n) is 2.46. The van der Waals surface area contributed by atoms with Crippen LogP contribution in [0.1, 0.15) is 28.9 Å². The van der Waals surface area contributed by atoms with E-state index in [1.54, 1.807) is 0 Å². The van der Waals surface area contributed by atoms with Gasteiger partial charge in [0, 0.05) is 42.2 Å². The highest BCUT2D eigenvalue weighted by atomic mass is 35.7. The first-order valence-corrected chi connectivity index (χ1v) is 9.58. The third kappa shape index (κ3) is 7.95. The van der Waals surface area contributed by atoms with E-state index >= 15 is 0 Å². The Kier molecular flexibility index (Phi) is 7.80. The Labute approximate surface area is 164 Å². The number of aryl methyl sites for hydroxylation is 2. The molecule has 1 aromatic carbocycles. The summed E-state index contributed by atoms with van der Waals surface area (Å²) >= 11 is 0. The van der Waals surface area contributed by atoms with Crippen molar-refractivity contribution in [3.05, 3.63) is 72.2 Å². The van der Waals surface area contributed by atoms with Crippen molar-refractivity contribution < 1.29 is 42.8 Å². The van der Waals surface area contributed by atoms with Crippen molar-refractivity contribution in [2.24, 2.45) is 0 Å². The third-order valence-corrected chi connectivity index (χ3v) is 3.72. The number of hydrogen-bond acceptors (Lipinski definition) is 7. The summed E-state index contributed by atoms with van der Waals surface area (Å²) in [5.41, 5.74) is 2.66. The number of pyridine rings is 1. The van der Waals surface area contributed by atoms with Gasteiger partial charge in [0.1, 0.15) is 6.54 Å². The van der Waals surface area contributed by atoms with Gasteiger partial charge in [0.2, 0.25) is 0 Å². The highest BCUT2D eigenvalue weighted by Crippen LogP contribution is 2.18. The minimum atomic E-state index is -4.94. The van der Waals surface area contributed by atoms with Crippen LogP contribution in [-0.2, 0) is 6.54 Å². The fourth-order valence-corrected chi connectivity index (χ4v) is 2.46. The van der Waals surface area contributed by atoms with Gasteiger partial charge in [0.25, 0.3) is 0 Å². The van der Waals surface area contributed by atoms with Gasteiger partial charge in [-0.3, -0.25) is 4.79 Å². The van der Waals surface area contributed by atoms with Crippen molar-refractivity contribution in [1.82, 2.24) is 5.16 Å². The molecule has 0 spiro atoms. The van der Waals surface area contributed by atoms with E-state index in [0.717, 1.165) is 35.5 Å². The number of rotatable bonds is 6. The normalized spacial score (nSPS) is 10.9. The van der Waals surface area contributed by atoms with Gasteiger partial charge < -0.3 is 4.52 Å². The summed E-state index contributed by atoms with van der Waals surface area (Å²) in [5, 5.41) is 3.89. The Hall–Kier alpha value is -2.62. The molecule has 0 saturated heterocycles. The lowest BCUT2D eigenvalue weighted by Crippen LogP contribution is -2.68. The number of aromatic nitrogens is 2. The number of benzene rings is 1. The molecule has 0 unspecified atom stereocenters. The molecule has 3 rings (SSSR count). The fraction of sp³-hybridized carbons (Fsp3) is 0.211. The van der Waals surface area contributed by atoms with Crippen molar-refractivity contribution in [1.29, 1.82) is 0 Å². The van der Waals surface area contributed by atoms with E-state index < -0.39 is 10.2 Å². The van der Waals surface area contributed by atoms with Crippen LogP contribution in [0.15, 0.2) is 65.4 Å². The van der Waals surface area contributed by atoms with Gasteiger partial charge >= 0.3 is 0 Å². The zero-order valence-corrected chi connectivity index (χ0v) is 15.9. The number of nitrogens with zero attached hydrogens (tertiary/aromatic N) is 2. The second kappa shape index (κ2) is 10.1. The van der Waals surface area contributed by atoms with Crippen molar-refractivity contribution in [2.45, 2.75) is 26.3 Å². The Morgan fingerprint density at radius 3 is 2.21 bits per heavy atom. The molecule has 0 atom stereocenters. The standard InChI is InChI=1S/C19H19N2O2.ClHO4/c1-15-14-19(23-20-15)17-9-12-21(13-10-17)11-5-8-18(22)16-6-3-2-4-7-16;2-1(3,4)5/h2-4,6-7,9-10,12-14H,5,8,11H2,1H3;(H,2,3,4,5)/q+1;/p-1. The first-order chi connectivity index (χ1) is 13.2. The number of ketones is 1. The summed E-state index contributed by atoms with van der Waals surface area (Å²) in [6, 6.07) is 15.4.